The van der Waals surface area contributed by atoms with Crippen LogP contribution in [0, 0.1) is 35.1 Å². The number of halogens is 4. The standard InChI is InChI=1S/C27H20F4N2O/c1-2-11-34-20-15-32-26(33-16-20)10-5-18-13-24(29)22(25(30)14-18)8-4-17-3-7-21-19(12-17)6-9-23(28)27(21)31/h3,6-7,9,12-16H,2,5,10-11H2,1H3. The lowest BCUT2D eigenvalue weighted by Crippen LogP contribution is -2.02. The molecule has 0 fully saturated rings. The molecule has 0 bridgehead atoms. The molecule has 172 valence electrons. The van der Waals surface area contributed by atoms with Crippen LogP contribution in [0.25, 0.3) is 10.8 Å². The predicted octanol–water partition coefficient (Wildman–Crippen LogP) is 6.16. The Kier molecular flexibility index (Phi) is 7.07. The molecule has 0 radical (unpaired) electrons. The molecule has 0 atom stereocenters. The highest BCUT2D eigenvalue weighted by atomic mass is 19.2. The average Bonchev–Trinajstić information content (AvgIpc) is 2.84. The van der Waals surface area contributed by atoms with Crippen LogP contribution in [0.3, 0.4) is 0 Å². The second-order valence-electron chi connectivity index (χ2n) is 7.67. The summed E-state index contributed by atoms with van der Waals surface area (Å²) < 4.78 is 61.8. The van der Waals surface area contributed by atoms with Gasteiger partial charge in [-0.25, -0.2) is 27.5 Å². The highest BCUT2D eigenvalue weighted by molar-refractivity contribution is 5.84. The van der Waals surface area contributed by atoms with E-state index >= 15 is 0 Å². The van der Waals surface area contributed by atoms with Crippen molar-refractivity contribution < 1.29 is 22.3 Å². The molecule has 0 unspecified atom stereocenters. The Labute approximate surface area is 194 Å². The second-order valence-corrected chi connectivity index (χ2v) is 7.67. The van der Waals surface area contributed by atoms with Crippen molar-refractivity contribution in [3.8, 4) is 17.6 Å². The van der Waals surface area contributed by atoms with Gasteiger partial charge in [-0.15, -0.1) is 0 Å². The van der Waals surface area contributed by atoms with Gasteiger partial charge in [0.2, 0.25) is 0 Å². The minimum absolute atomic E-state index is 0.111. The number of ether oxygens (including phenoxy) is 1. The molecular weight excluding hydrogens is 444 g/mol. The van der Waals surface area contributed by atoms with Crippen molar-refractivity contribution in [2.45, 2.75) is 26.2 Å². The van der Waals surface area contributed by atoms with Gasteiger partial charge in [-0.05, 0) is 54.1 Å². The van der Waals surface area contributed by atoms with E-state index in [9.17, 15) is 17.6 Å². The molecule has 34 heavy (non-hydrogen) atoms. The smallest absolute Gasteiger partial charge is 0.166 e. The summed E-state index contributed by atoms with van der Waals surface area (Å²) in [5.41, 5.74) is 0.520. The number of rotatable bonds is 6. The van der Waals surface area contributed by atoms with Crippen LogP contribution in [-0.2, 0) is 12.8 Å². The Balaban J connectivity index is 1.47. The lowest BCUT2D eigenvalue weighted by molar-refractivity contribution is 0.314. The second kappa shape index (κ2) is 10.3. The summed E-state index contributed by atoms with van der Waals surface area (Å²) in [6, 6.07) is 9.32. The fourth-order valence-corrected chi connectivity index (χ4v) is 3.39. The molecular formula is C27H20F4N2O. The van der Waals surface area contributed by atoms with Crippen LogP contribution in [0.5, 0.6) is 5.75 Å². The lowest BCUT2D eigenvalue weighted by atomic mass is 10.0. The monoisotopic (exact) mass is 464 g/mol. The molecule has 0 aliphatic heterocycles. The van der Waals surface area contributed by atoms with Crippen molar-refractivity contribution >= 4 is 10.8 Å². The molecule has 0 N–H and O–H groups in total. The molecule has 7 heteroatoms. The zero-order valence-electron chi connectivity index (χ0n) is 18.3. The van der Waals surface area contributed by atoms with E-state index in [0.29, 0.717) is 47.5 Å². The van der Waals surface area contributed by atoms with Gasteiger partial charge in [-0.3, -0.25) is 0 Å². The largest absolute Gasteiger partial charge is 0.490 e. The normalized spacial score (nSPS) is 10.7. The van der Waals surface area contributed by atoms with E-state index in [1.807, 2.05) is 6.92 Å². The van der Waals surface area contributed by atoms with E-state index in [2.05, 4.69) is 21.8 Å². The number of hydrogen-bond donors (Lipinski definition) is 0. The van der Waals surface area contributed by atoms with E-state index in [0.717, 1.165) is 12.5 Å². The summed E-state index contributed by atoms with van der Waals surface area (Å²) in [6.45, 7) is 2.58. The third kappa shape index (κ3) is 5.34. The lowest BCUT2D eigenvalue weighted by Gasteiger charge is -2.06. The summed E-state index contributed by atoms with van der Waals surface area (Å²) in [7, 11) is 0. The number of hydrogen-bond acceptors (Lipinski definition) is 3. The topological polar surface area (TPSA) is 35.0 Å². The quantitative estimate of drug-likeness (QED) is 0.253. The highest BCUT2D eigenvalue weighted by Gasteiger charge is 2.11. The molecule has 1 aromatic heterocycles. The van der Waals surface area contributed by atoms with Gasteiger partial charge in [-0.2, -0.15) is 0 Å². The molecule has 0 spiro atoms. The fraction of sp³-hybridized carbons (Fsp3) is 0.185. The maximum atomic E-state index is 14.6. The van der Waals surface area contributed by atoms with Crippen molar-refractivity contribution in [3.05, 3.63) is 101 Å². The molecule has 3 aromatic carbocycles. The van der Waals surface area contributed by atoms with Crippen LogP contribution < -0.4 is 4.74 Å². The van der Waals surface area contributed by atoms with E-state index in [-0.39, 0.29) is 10.9 Å². The molecule has 1 heterocycles. The molecule has 0 amide bonds. The summed E-state index contributed by atoms with van der Waals surface area (Å²) >= 11 is 0. The van der Waals surface area contributed by atoms with Gasteiger partial charge in [0.1, 0.15) is 17.5 Å². The first-order chi connectivity index (χ1) is 16.4. The van der Waals surface area contributed by atoms with Gasteiger partial charge in [-0.1, -0.05) is 30.9 Å². The Morgan fingerprint density at radius 1 is 0.824 bits per heavy atom. The van der Waals surface area contributed by atoms with Crippen LogP contribution in [0.4, 0.5) is 17.6 Å². The number of nitrogens with zero attached hydrogens (tertiary/aromatic N) is 2. The van der Waals surface area contributed by atoms with Gasteiger partial charge in [0.05, 0.1) is 24.6 Å². The van der Waals surface area contributed by atoms with Gasteiger partial charge in [0.25, 0.3) is 0 Å². The molecule has 3 nitrogen and oxygen atoms in total. The van der Waals surface area contributed by atoms with Crippen molar-refractivity contribution in [3.63, 3.8) is 0 Å². The van der Waals surface area contributed by atoms with Crippen LogP contribution in [0.15, 0.2) is 54.9 Å². The molecule has 4 rings (SSSR count). The first-order valence-corrected chi connectivity index (χ1v) is 10.8. The molecule has 0 saturated carbocycles. The van der Waals surface area contributed by atoms with Crippen molar-refractivity contribution in [1.82, 2.24) is 9.97 Å². The summed E-state index contributed by atoms with van der Waals surface area (Å²) in [4.78, 5) is 8.43. The first-order valence-electron chi connectivity index (χ1n) is 10.8. The van der Waals surface area contributed by atoms with Crippen molar-refractivity contribution in [2.75, 3.05) is 6.61 Å². The number of aryl methyl sites for hydroxylation is 2. The molecule has 0 aliphatic carbocycles. The predicted molar refractivity (Wildman–Crippen MR) is 121 cm³/mol. The molecule has 0 saturated heterocycles. The Bertz CT molecular complexity index is 1370. The maximum absolute atomic E-state index is 14.6. The SMILES string of the molecule is CCCOc1cnc(CCc2cc(F)c(C#Cc3ccc4c(F)c(F)ccc4c3)c(F)c2)nc1. The minimum atomic E-state index is -0.948. The molecule has 0 aliphatic rings. The summed E-state index contributed by atoms with van der Waals surface area (Å²) in [6.07, 6.45) is 4.80. The van der Waals surface area contributed by atoms with E-state index in [1.165, 1.54) is 36.4 Å². The van der Waals surface area contributed by atoms with Crippen LogP contribution >= 0.6 is 0 Å². The zero-order valence-corrected chi connectivity index (χ0v) is 18.3. The number of fused-ring (bicyclic) bond motifs is 1. The Morgan fingerprint density at radius 3 is 2.26 bits per heavy atom. The first kappa shape index (κ1) is 23.2. The van der Waals surface area contributed by atoms with Crippen molar-refractivity contribution in [2.24, 2.45) is 0 Å². The van der Waals surface area contributed by atoms with Gasteiger partial charge >= 0.3 is 0 Å². The Morgan fingerprint density at radius 2 is 1.56 bits per heavy atom. The number of aromatic nitrogens is 2. The van der Waals surface area contributed by atoms with Gasteiger partial charge in [0.15, 0.2) is 17.4 Å². The van der Waals surface area contributed by atoms with Gasteiger partial charge < -0.3 is 4.74 Å². The highest BCUT2D eigenvalue weighted by Crippen LogP contribution is 2.22. The average molecular weight is 464 g/mol. The third-order valence-corrected chi connectivity index (χ3v) is 5.13. The summed E-state index contributed by atoms with van der Waals surface area (Å²) in [5, 5.41) is 0.550. The zero-order chi connectivity index (χ0) is 24.1. The van der Waals surface area contributed by atoms with Crippen LogP contribution in [0.2, 0.25) is 0 Å². The van der Waals surface area contributed by atoms with E-state index in [1.54, 1.807) is 12.4 Å². The molecule has 4 aromatic rings. The maximum Gasteiger partial charge on any atom is 0.166 e. The van der Waals surface area contributed by atoms with E-state index < -0.39 is 23.3 Å². The minimum Gasteiger partial charge on any atom is -0.490 e. The fourth-order valence-electron chi connectivity index (χ4n) is 3.39. The number of benzene rings is 3. The Hall–Kier alpha value is -3.92. The third-order valence-electron chi connectivity index (χ3n) is 5.13. The summed E-state index contributed by atoms with van der Waals surface area (Å²) in [5.74, 6) is 2.87. The van der Waals surface area contributed by atoms with Crippen LogP contribution in [-0.4, -0.2) is 16.6 Å². The van der Waals surface area contributed by atoms with Gasteiger partial charge in [0, 0.05) is 17.4 Å². The van der Waals surface area contributed by atoms with Crippen LogP contribution in [0.1, 0.15) is 35.9 Å². The van der Waals surface area contributed by atoms with Crippen molar-refractivity contribution in [1.29, 1.82) is 0 Å². The van der Waals surface area contributed by atoms with E-state index in [4.69, 9.17) is 4.74 Å².